The molecule has 2 aromatic carbocycles. The van der Waals surface area contributed by atoms with Gasteiger partial charge in [0.15, 0.2) is 0 Å². The van der Waals surface area contributed by atoms with E-state index in [-0.39, 0.29) is 18.5 Å². The summed E-state index contributed by atoms with van der Waals surface area (Å²) in [6.07, 6.45) is 3.08. The van der Waals surface area contributed by atoms with E-state index in [2.05, 4.69) is 32.9 Å². The lowest BCUT2D eigenvalue weighted by molar-refractivity contribution is -0.122. The fourth-order valence-corrected chi connectivity index (χ4v) is 3.55. The largest absolute Gasteiger partial charge is 0.348 e. The third-order valence-corrected chi connectivity index (χ3v) is 4.89. The van der Waals surface area contributed by atoms with Crippen molar-refractivity contribution < 1.29 is 4.79 Å². The van der Waals surface area contributed by atoms with Gasteiger partial charge in [0.05, 0.1) is 11.1 Å². The van der Waals surface area contributed by atoms with Crippen molar-refractivity contribution in [3.8, 4) is 11.4 Å². The number of rotatable bonds is 4. The lowest BCUT2D eigenvalue weighted by Crippen LogP contribution is -2.34. The summed E-state index contributed by atoms with van der Waals surface area (Å²) in [4.78, 5) is 13.7. The van der Waals surface area contributed by atoms with Gasteiger partial charge in [0.2, 0.25) is 11.7 Å². The van der Waals surface area contributed by atoms with Crippen LogP contribution in [0.25, 0.3) is 11.4 Å². The van der Waals surface area contributed by atoms with Crippen LogP contribution in [0.15, 0.2) is 48.5 Å². The molecular weight excluding hydrogens is 350 g/mol. The average molecular weight is 368 g/mol. The van der Waals surface area contributed by atoms with Crippen molar-refractivity contribution in [1.82, 2.24) is 25.5 Å². The smallest absolute Gasteiger partial charge is 0.244 e. The van der Waals surface area contributed by atoms with Gasteiger partial charge in [-0.05, 0) is 47.7 Å². The number of carbonyl (C=O) groups is 1. The second-order valence-electron chi connectivity index (χ2n) is 6.33. The molecule has 4 rings (SSSR count). The minimum absolute atomic E-state index is 0.0239. The van der Waals surface area contributed by atoms with Crippen molar-refractivity contribution in [2.45, 2.75) is 31.8 Å². The molecule has 132 valence electrons. The number of hydrogen-bond acceptors (Lipinski definition) is 4. The van der Waals surface area contributed by atoms with Crippen LogP contribution in [0, 0.1) is 0 Å². The van der Waals surface area contributed by atoms with Crippen LogP contribution in [-0.2, 0) is 17.8 Å². The van der Waals surface area contributed by atoms with Gasteiger partial charge in [-0.15, -0.1) is 10.2 Å². The zero-order valence-corrected chi connectivity index (χ0v) is 14.9. The normalized spacial score (nSPS) is 16.1. The molecule has 1 amide bonds. The quantitative estimate of drug-likeness (QED) is 0.768. The second-order valence-corrected chi connectivity index (χ2v) is 6.74. The van der Waals surface area contributed by atoms with Crippen LogP contribution in [0.1, 0.15) is 30.0 Å². The summed E-state index contributed by atoms with van der Waals surface area (Å²) in [7, 11) is 0. The van der Waals surface area contributed by atoms with E-state index in [4.69, 9.17) is 11.6 Å². The first-order chi connectivity index (χ1) is 12.7. The minimum atomic E-state index is -0.130. The highest BCUT2D eigenvalue weighted by Crippen LogP contribution is 2.29. The van der Waals surface area contributed by atoms with E-state index in [1.54, 1.807) is 6.07 Å². The molecule has 0 unspecified atom stereocenters. The highest BCUT2D eigenvalue weighted by Gasteiger charge is 2.22. The van der Waals surface area contributed by atoms with Crippen molar-refractivity contribution in [2.75, 3.05) is 0 Å². The van der Waals surface area contributed by atoms with Gasteiger partial charge in [0.25, 0.3) is 0 Å². The standard InChI is InChI=1S/C19H18ClN5O/c20-16-10-4-3-9-15(16)19-22-24-25(23-19)12-18(26)21-17-11-5-7-13-6-1-2-8-14(13)17/h1-4,6,8-10,17H,5,7,11-12H2,(H,21,26)/t17-/m1/s1. The summed E-state index contributed by atoms with van der Waals surface area (Å²) in [6.45, 7) is 0.0239. The molecule has 0 aliphatic heterocycles. The van der Waals surface area contributed by atoms with Gasteiger partial charge < -0.3 is 5.32 Å². The van der Waals surface area contributed by atoms with Gasteiger partial charge in [-0.25, -0.2) is 0 Å². The van der Waals surface area contributed by atoms with E-state index in [1.807, 2.05) is 30.3 Å². The Hall–Kier alpha value is -2.73. The Morgan fingerprint density at radius 1 is 1.19 bits per heavy atom. The Morgan fingerprint density at radius 2 is 2.00 bits per heavy atom. The third-order valence-electron chi connectivity index (χ3n) is 4.56. The van der Waals surface area contributed by atoms with Crippen molar-refractivity contribution in [2.24, 2.45) is 0 Å². The monoisotopic (exact) mass is 367 g/mol. The first-order valence-electron chi connectivity index (χ1n) is 8.60. The van der Waals surface area contributed by atoms with E-state index in [0.29, 0.717) is 16.4 Å². The van der Waals surface area contributed by atoms with Gasteiger partial charge >= 0.3 is 0 Å². The third kappa shape index (κ3) is 3.46. The fourth-order valence-electron chi connectivity index (χ4n) is 3.33. The van der Waals surface area contributed by atoms with E-state index in [0.717, 1.165) is 19.3 Å². The molecule has 0 saturated carbocycles. The predicted molar refractivity (Wildman–Crippen MR) is 98.5 cm³/mol. The molecule has 1 aliphatic rings. The van der Waals surface area contributed by atoms with Crippen LogP contribution in [0.2, 0.25) is 5.02 Å². The predicted octanol–water partition coefficient (Wildman–Crippen LogP) is 3.19. The molecule has 1 heterocycles. The second kappa shape index (κ2) is 7.25. The number of fused-ring (bicyclic) bond motifs is 1. The number of nitrogens with zero attached hydrogens (tertiary/aromatic N) is 4. The van der Waals surface area contributed by atoms with E-state index < -0.39 is 0 Å². The summed E-state index contributed by atoms with van der Waals surface area (Å²) >= 11 is 6.15. The molecule has 26 heavy (non-hydrogen) atoms. The fraction of sp³-hybridized carbons (Fsp3) is 0.263. The molecule has 0 bridgehead atoms. The molecule has 1 atom stereocenters. The molecule has 0 radical (unpaired) electrons. The van der Waals surface area contributed by atoms with Gasteiger partial charge in [0.1, 0.15) is 6.54 Å². The number of aryl methyl sites for hydroxylation is 1. The molecule has 0 spiro atoms. The van der Waals surface area contributed by atoms with E-state index in [1.165, 1.54) is 15.9 Å². The zero-order chi connectivity index (χ0) is 17.9. The minimum Gasteiger partial charge on any atom is -0.348 e. The number of hydrogen-bond donors (Lipinski definition) is 1. The van der Waals surface area contributed by atoms with Crippen molar-refractivity contribution in [3.05, 3.63) is 64.7 Å². The lowest BCUT2D eigenvalue weighted by atomic mass is 9.88. The summed E-state index contributed by atoms with van der Waals surface area (Å²) in [5, 5.41) is 15.9. The SMILES string of the molecule is O=C(Cn1nnc(-c2ccccc2Cl)n1)N[C@@H]1CCCc2ccccc21. The highest BCUT2D eigenvalue weighted by atomic mass is 35.5. The lowest BCUT2D eigenvalue weighted by Gasteiger charge is -2.26. The average Bonchev–Trinajstić information content (AvgIpc) is 3.10. The Morgan fingerprint density at radius 3 is 2.88 bits per heavy atom. The summed E-state index contributed by atoms with van der Waals surface area (Å²) in [5.41, 5.74) is 3.21. The summed E-state index contributed by atoms with van der Waals surface area (Å²) < 4.78 is 0. The molecule has 1 aliphatic carbocycles. The van der Waals surface area contributed by atoms with E-state index >= 15 is 0 Å². The van der Waals surface area contributed by atoms with Crippen molar-refractivity contribution in [3.63, 3.8) is 0 Å². The topological polar surface area (TPSA) is 72.7 Å². The van der Waals surface area contributed by atoms with E-state index in [9.17, 15) is 4.79 Å². The molecule has 1 aromatic heterocycles. The Bertz CT molecular complexity index is 939. The summed E-state index contributed by atoms with van der Waals surface area (Å²) in [5.74, 6) is 0.279. The van der Waals surface area contributed by atoms with Crippen LogP contribution in [0.4, 0.5) is 0 Å². The Balaban J connectivity index is 1.44. The molecule has 1 N–H and O–H groups in total. The van der Waals surface area contributed by atoms with Crippen molar-refractivity contribution in [1.29, 1.82) is 0 Å². The number of benzene rings is 2. The van der Waals surface area contributed by atoms with Crippen LogP contribution in [0.5, 0.6) is 0 Å². The maximum absolute atomic E-state index is 12.4. The zero-order valence-electron chi connectivity index (χ0n) is 14.1. The Labute approximate surface area is 156 Å². The first-order valence-corrected chi connectivity index (χ1v) is 8.98. The van der Waals surface area contributed by atoms with Gasteiger partial charge in [-0.3, -0.25) is 4.79 Å². The van der Waals surface area contributed by atoms with Crippen LogP contribution >= 0.6 is 11.6 Å². The number of halogens is 1. The number of aromatic nitrogens is 4. The maximum atomic E-state index is 12.4. The molecule has 0 saturated heterocycles. The van der Waals surface area contributed by atoms with Crippen LogP contribution in [-0.4, -0.2) is 26.1 Å². The van der Waals surface area contributed by atoms with Crippen LogP contribution in [0.3, 0.4) is 0 Å². The maximum Gasteiger partial charge on any atom is 0.244 e. The van der Waals surface area contributed by atoms with Crippen LogP contribution < -0.4 is 5.32 Å². The van der Waals surface area contributed by atoms with Gasteiger partial charge in [0, 0.05) is 5.56 Å². The Kier molecular flexibility index (Phi) is 4.67. The highest BCUT2D eigenvalue weighted by molar-refractivity contribution is 6.33. The first kappa shape index (κ1) is 16.7. The molecule has 3 aromatic rings. The summed E-state index contributed by atoms with van der Waals surface area (Å²) in [6, 6.07) is 15.6. The molecule has 7 heteroatoms. The number of nitrogens with one attached hydrogen (secondary N) is 1. The van der Waals surface area contributed by atoms with Gasteiger partial charge in [-0.1, -0.05) is 48.0 Å². The molecule has 6 nitrogen and oxygen atoms in total. The number of amides is 1. The molecular formula is C19H18ClN5O. The molecule has 0 fully saturated rings. The number of tetrazole rings is 1. The van der Waals surface area contributed by atoms with Crippen molar-refractivity contribution >= 4 is 17.5 Å². The van der Waals surface area contributed by atoms with Gasteiger partial charge in [-0.2, -0.15) is 4.80 Å². The number of carbonyl (C=O) groups excluding carboxylic acids is 1.